The zero-order valence-corrected chi connectivity index (χ0v) is 12.1. The molecule has 4 nitrogen and oxygen atoms in total. The number of hydrogen-bond donors (Lipinski definition) is 1. The van der Waals surface area contributed by atoms with E-state index in [4.69, 9.17) is 5.73 Å². The summed E-state index contributed by atoms with van der Waals surface area (Å²) in [6.45, 7) is 0. The molecule has 0 amide bonds. The molecule has 3 rings (SSSR count). The summed E-state index contributed by atoms with van der Waals surface area (Å²) in [5, 5.41) is 4.65. The maximum absolute atomic E-state index is 12.9. The Morgan fingerprint density at radius 3 is 2.76 bits per heavy atom. The van der Waals surface area contributed by atoms with Crippen LogP contribution in [-0.4, -0.2) is 14.8 Å². The van der Waals surface area contributed by atoms with Gasteiger partial charge in [0.1, 0.15) is 5.82 Å². The van der Waals surface area contributed by atoms with Crippen molar-refractivity contribution in [1.29, 1.82) is 0 Å². The maximum Gasteiger partial charge on any atom is 0.141 e. The second-order valence-electron chi connectivity index (χ2n) is 5.79. The van der Waals surface area contributed by atoms with Crippen molar-refractivity contribution >= 4 is 0 Å². The molecule has 1 atom stereocenters. The molecular formula is C16H21FN4. The third-order valence-electron chi connectivity index (χ3n) is 4.17. The molecule has 1 aliphatic rings. The van der Waals surface area contributed by atoms with Gasteiger partial charge in [-0.1, -0.05) is 19.3 Å². The van der Waals surface area contributed by atoms with E-state index in [1.807, 2.05) is 6.07 Å². The van der Waals surface area contributed by atoms with E-state index >= 15 is 0 Å². The van der Waals surface area contributed by atoms with Gasteiger partial charge >= 0.3 is 0 Å². The molecule has 1 aliphatic carbocycles. The Bertz CT molecular complexity index is 572. The average molecular weight is 288 g/mol. The first kappa shape index (κ1) is 14.2. The van der Waals surface area contributed by atoms with Gasteiger partial charge < -0.3 is 5.73 Å². The molecule has 1 saturated carbocycles. The summed E-state index contributed by atoms with van der Waals surface area (Å²) in [6.07, 6.45) is 10.2. The normalized spacial score (nSPS) is 17.8. The highest BCUT2D eigenvalue weighted by molar-refractivity contribution is 5.13. The quantitative estimate of drug-likeness (QED) is 0.940. The highest BCUT2D eigenvalue weighted by atomic mass is 19.1. The zero-order valence-electron chi connectivity index (χ0n) is 12.1. The Hall–Kier alpha value is -1.75. The molecule has 0 spiro atoms. The first-order valence-corrected chi connectivity index (χ1v) is 7.63. The lowest BCUT2D eigenvalue weighted by atomic mass is 9.96. The van der Waals surface area contributed by atoms with Gasteiger partial charge in [-0.15, -0.1) is 0 Å². The first-order chi connectivity index (χ1) is 10.2. The van der Waals surface area contributed by atoms with E-state index in [9.17, 15) is 4.39 Å². The molecule has 112 valence electrons. The first-order valence-electron chi connectivity index (χ1n) is 7.63. The molecule has 1 unspecified atom stereocenters. The molecule has 0 radical (unpaired) electrons. The van der Waals surface area contributed by atoms with E-state index in [0.29, 0.717) is 18.2 Å². The Balaban J connectivity index is 1.64. The molecule has 0 bridgehead atoms. The van der Waals surface area contributed by atoms with E-state index in [1.165, 1.54) is 44.4 Å². The second kappa shape index (κ2) is 6.35. The van der Waals surface area contributed by atoms with Gasteiger partial charge in [0, 0.05) is 12.6 Å². The van der Waals surface area contributed by atoms with Crippen molar-refractivity contribution in [2.45, 2.75) is 50.6 Å². The fourth-order valence-corrected chi connectivity index (χ4v) is 2.97. The van der Waals surface area contributed by atoms with E-state index in [-0.39, 0.29) is 11.9 Å². The fourth-order valence-electron chi connectivity index (χ4n) is 2.97. The summed E-state index contributed by atoms with van der Waals surface area (Å²) < 4.78 is 14.9. The van der Waals surface area contributed by atoms with Gasteiger partial charge in [-0.05, 0) is 31.0 Å². The van der Waals surface area contributed by atoms with Crippen LogP contribution in [0.1, 0.15) is 55.6 Å². The van der Waals surface area contributed by atoms with E-state index < -0.39 is 0 Å². The summed E-state index contributed by atoms with van der Waals surface area (Å²) in [4.78, 5) is 4.04. The number of halogens is 1. The molecule has 21 heavy (non-hydrogen) atoms. The van der Waals surface area contributed by atoms with Crippen molar-refractivity contribution in [2.24, 2.45) is 5.73 Å². The summed E-state index contributed by atoms with van der Waals surface area (Å²) in [7, 11) is 0. The van der Waals surface area contributed by atoms with Gasteiger partial charge in [-0.2, -0.15) is 5.10 Å². The molecule has 1 fully saturated rings. The van der Waals surface area contributed by atoms with Crippen LogP contribution in [0.3, 0.4) is 0 Å². The summed E-state index contributed by atoms with van der Waals surface area (Å²) in [6, 6.07) is 5.34. The lowest BCUT2D eigenvalue weighted by molar-refractivity contribution is 0.328. The Morgan fingerprint density at radius 2 is 2.05 bits per heavy atom. The highest BCUT2D eigenvalue weighted by Gasteiger charge is 2.17. The third-order valence-corrected chi connectivity index (χ3v) is 4.17. The van der Waals surface area contributed by atoms with Gasteiger partial charge in [-0.25, -0.2) is 4.39 Å². The fraction of sp³-hybridized carbons (Fsp3) is 0.500. The predicted molar refractivity (Wildman–Crippen MR) is 79.2 cm³/mol. The molecule has 5 heteroatoms. The molecule has 2 aromatic heterocycles. The van der Waals surface area contributed by atoms with Crippen LogP contribution in [0.25, 0.3) is 0 Å². The van der Waals surface area contributed by atoms with Crippen molar-refractivity contribution in [3.8, 4) is 0 Å². The van der Waals surface area contributed by atoms with Crippen LogP contribution in [0.15, 0.2) is 30.6 Å². The van der Waals surface area contributed by atoms with Crippen LogP contribution >= 0.6 is 0 Å². The lowest BCUT2D eigenvalue weighted by Crippen LogP contribution is -2.17. The molecule has 2 heterocycles. The van der Waals surface area contributed by atoms with E-state index in [1.54, 1.807) is 6.07 Å². The van der Waals surface area contributed by atoms with Crippen molar-refractivity contribution in [3.63, 3.8) is 0 Å². The number of nitrogens with zero attached hydrogens (tertiary/aromatic N) is 3. The van der Waals surface area contributed by atoms with Gasteiger partial charge in [0.05, 0.1) is 29.7 Å². The molecule has 2 N–H and O–H groups in total. The maximum atomic E-state index is 12.9. The highest BCUT2D eigenvalue weighted by Crippen LogP contribution is 2.27. The Kier molecular flexibility index (Phi) is 4.29. The summed E-state index contributed by atoms with van der Waals surface area (Å²) >= 11 is 0. The van der Waals surface area contributed by atoms with Crippen LogP contribution in [-0.2, 0) is 6.42 Å². The number of aromatic nitrogens is 3. The van der Waals surface area contributed by atoms with Crippen LogP contribution in [0.4, 0.5) is 4.39 Å². The molecule has 0 aromatic carbocycles. The second-order valence-corrected chi connectivity index (χ2v) is 5.79. The standard InChI is InChI=1S/C16H21FN4/c17-12-6-7-16(19-11-12)15(18)10-13-8-9-21(20-13)14-4-2-1-3-5-14/h6-9,11,14-15H,1-5,10,18H2. The van der Waals surface area contributed by atoms with E-state index in [2.05, 4.69) is 21.0 Å². The van der Waals surface area contributed by atoms with Crippen LogP contribution in [0.5, 0.6) is 0 Å². The van der Waals surface area contributed by atoms with Crippen LogP contribution in [0.2, 0.25) is 0 Å². The number of hydrogen-bond acceptors (Lipinski definition) is 3. The summed E-state index contributed by atoms with van der Waals surface area (Å²) in [5.74, 6) is -0.340. The van der Waals surface area contributed by atoms with Gasteiger partial charge in [0.25, 0.3) is 0 Å². The monoisotopic (exact) mass is 288 g/mol. The minimum absolute atomic E-state index is 0.250. The van der Waals surface area contributed by atoms with E-state index in [0.717, 1.165) is 5.69 Å². The predicted octanol–water partition coefficient (Wildman–Crippen LogP) is 3.16. The Morgan fingerprint density at radius 1 is 1.24 bits per heavy atom. The topological polar surface area (TPSA) is 56.7 Å². The van der Waals surface area contributed by atoms with Crippen molar-refractivity contribution in [2.75, 3.05) is 0 Å². The van der Waals surface area contributed by atoms with Gasteiger partial charge in [-0.3, -0.25) is 9.67 Å². The number of nitrogens with two attached hydrogens (primary N) is 1. The molecular weight excluding hydrogens is 267 g/mol. The van der Waals surface area contributed by atoms with Crippen molar-refractivity contribution in [1.82, 2.24) is 14.8 Å². The minimum atomic E-state index is -0.340. The van der Waals surface area contributed by atoms with Crippen LogP contribution < -0.4 is 5.73 Å². The number of pyridine rings is 1. The average Bonchev–Trinajstić information content (AvgIpc) is 2.97. The van der Waals surface area contributed by atoms with Crippen molar-refractivity contribution < 1.29 is 4.39 Å². The molecule has 2 aromatic rings. The number of rotatable bonds is 4. The SMILES string of the molecule is NC(Cc1ccn(C2CCCCC2)n1)c1ccc(F)cn1. The largest absolute Gasteiger partial charge is 0.322 e. The smallest absolute Gasteiger partial charge is 0.141 e. The minimum Gasteiger partial charge on any atom is -0.322 e. The third kappa shape index (κ3) is 3.47. The van der Waals surface area contributed by atoms with Crippen LogP contribution in [0, 0.1) is 5.82 Å². The molecule has 0 saturated heterocycles. The van der Waals surface area contributed by atoms with Gasteiger partial charge in [0.2, 0.25) is 0 Å². The Labute approximate surface area is 124 Å². The summed E-state index contributed by atoms with van der Waals surface area (Å²) in [5.41, 5.74) is 7.80. The van der Waals surface area contributed by atoms with Crippen molar-refractivity contribution in [3.05, 3.63) is 47.8 Å². The lowest BCUT2D eigenvalue weighted by Gasteiger charge is -2.21. The molecule has 0 aliphatic heterocycles. The zero-order chi connectivity index (χ0) is 14.7. The van der Waals surface area contributed by atoms with Gasteiger partial charge in [0.15, 0.2) is 0 Å².